The summed E-state index contributed by atoms with van der Waals surface area (Å²) in [6, 6.07) is 6.35. The number of nitrogens with one attached hydrogen (secondary N) is 3. The largest absolute Gasteiger partial charge is 0.370 e. The Morgan fingerprint density at radius 3 is 2.70 bits per heavy atom. The van der Waals surface area contributed by atoms with Crippen molar-refractivity contribution in [2.24, 2.45) is 5.10 Å². The van der Waals surface area contributed by atoms with Crippen molar-refractivity contribution in [3.8, 4) is 0 Å². The van der Waals surface area contributed by atoms with Crippen LogP contribution in [0.3, 0.4) is 0 Å². The fourth-order valence-electron chi connectivity index (χ4n) is 2.47. The van der Waals surface area contributed by atoms with E-state index in [9.17, 15) is 0 Å². The molecule has 1 aliphatic rings. The van der Waals surface area contributed by atoms with E-state index in [4.69, 9.17) is 17.0 Å². The fraction of sp³-hybridized carbons (Fsp3) is 0.529. The third kappa shape index (κ3) is 5.89. The SMILES string of the molecule is C/C(=N/NC(=S)NCC[NH+]1CCOCC1)c1ccc(C)c(C)c1. The maximum atomic E-state index is 5.35. The third-order valence-corrected chi connectivity index (χ3v) is 4.45. The number of hydrogen-bond acceptors (Lipinski definition) is 3. The minimum atomic E-state index is 0.570. The summed E-state index contributed by atoms with van der Waals surface area (Å²) in [5.41, 5.74) is 7.52. The van der Waals surface area contributed by atoms with Gasteiger partial charge in [-0.25, -0.2) is 0 Å². The van der Waals surface area contributed by atoms with Crippen molar-refractivity contribution in [3.63, 3.8) is 0 Å². The molecule has 5 nitrogen and oxygen atoms in total. The third-order valence-electron chi connectivity index (χ3n) is 4.21. The molecule has 1 aromatic carbocycles. The van der Waals surface area contributed by atoms with E-state index >= 15 is 0 Å². The predicted octanol–water partition coefficient (Wildman–Crippen LogP) is 0.407. The van der Waals surface area contributed by atoms with Gasteiger partial charge >= 0.3 is 0 Å². The van der Waals surface area contributed by atoms with Crippen LogP contribution in [0, 0.1) is 13.8 Å². The zero-order valence-electron chi connectivity index (χ0n) is 14.2. The minimum absolute atomic E-state index is 0.570. The molecule has 0 aliphatic carbocycles. The molecule has 1 heterocycles. The number of ether oxygens (including phenoxy) is 1. The first-order chi connectivity index (χ1) is 11.1. The normalized spacial score (nSPS) is 16.2. The number of thiocarbonyl (C=S) groups is 1. The van der Waals surface area contributed by atoms with Gasteiger partial charge in [0.2, 0.25) is 0 Å². The molecule has 0 amide bonds. The van der Waals surface area contributed by atoms with Crippen LogP contribution in [-0.4, -0.2) is 50.2 Å². The van der Waals surface area contributed by atoms with Crippen molar-refractivity contribution in [2.45, 2.75) is 20.8 Å². The Bertz CT molecular complexity index is 568. The van der Waals surface area contributed by atoms with Crippen LogP contribution >= 0.6 is 12.2 Å². The molecule has 1 aromatic rings. The minimum Gasteiger partial charge on any atom is -0.370 e. The lowest BCUT2D eigenvalue weighted by atomic mass is 10.0. The number of nitrogens with zero attached hydrogens (tertiary/aromatic N) is 1. The fourth-order valence-corrected chi connectivity index (χ4v) is 2.62. The van der Waals surface area contributed by atoms with Gasteiger partial charge in [-0.15, -0.1) is 0 Å². The van der Waals surface area contributed by atoms with Crippen LogP contribution in [-0.2, 0) is 4.74 Å². The second-order valence-electron chi connectivity index (χ2n) is 5.98. The molecule has 0 aromatic heterocycles. The van der Waals surface area contributed by atoms with Crippen LogP contribution < -0.4 is 15.6 Å². The number of aryl methyl sites for hydroxylation is 2. The molecule has 0 saturated carbocycles. The van der Waals surface area contributed by atoms with Crippen LogP contribution in [0.1, 0.15) is 23.6 Å². The zero-order chi connectivity index (χ0) is 16.7. The average molecular weight is 335 g/mol. The lowest BCUT2D eigenvalue weighted by Crippen LogP contribution is -3.14. The van der Waals surface area contributed by atoms with E-state index in [0.717, 1.165) is 50.7 Å². The maximum Gasteiger partial charge on any atom is 0.187 e. The summed E-state index contributed by atoms with van der Waals surface area (Å²) in [7, 11) is 0. The molecule has 3 N–H and O–H groups in total. The van der Waals surface area contributed by atoms with E-state index in [1.165, 1.54) is 11.1 Å². The van der Waals surface area contributed by atoms with Gasteiger partial charge in [0, 0.05) is 0 Å². The molecule has 1 saturated heterocycles. The number of hydrazone groups is 1. The Kier molecular flexibility index (Phi) is 6.95. The molecule has 0 spiro atoms. The Morgan fingerprint density at radius 1 is 1.26 bits per heavy atom. The summed E-state index contributed by atoms with van der Waals surface area (Å²) in [6.07, 6.45) is 0. The zero-order valence-corrected chi connectivity index (χ0v) is 15.1. The van der Waals surface area contributed by atoms with E-state index < -0.39 is 0 Å². The van der Waals surface area contributed by atoms with Gasteiger partial charge in [0.15, 0.2) is 5.11 Å². The van der Waals surface area contributed by atoms with Crippen molar-refractivity contribution < 1.29 is 9.64 Å². The molecule has 1 fully saturated rings. The number of hydrogen-bond donors (Lipinski definition) is 3. The van der Waals surface area contributed by atoms with Crippen LogP contribution in [0.25, 0.3) is 0 Å². The van der Waals surface area contributed by atoms with Gasteiger partial charge in [0.25, 0.3) is 0 Å². The lowest BCUT2D eigenvalue weighted by molar-refractivity contribution is -0.906. The molecular formula is C17H27N4OS+. The average Bonchev–Trinajstić information content (AvgIpc) is 2.56. The molecule has 126 valence electrons. The smallest absolute Gasteiger partial charge is 0.187 e. The summed E-state index contributed by atoms with van der Waals surface area (Å²) < 4.78 is 5.35. The second kappa shape index (κ2) is 8.96. The molecule has 0 atom stereocenters. The maximum absolute atomic E-state index is 5.35. The first-order valence-corrected chi connectivity index (χ1v) is 8.54. The Morgan fingerprint density at radius 2 is 2.00 bits per heavy atom. The van der Waals surface area contributed by atoms with Crippen LogP contribution in [0.4, 0.5) is 0 Å². The lowest BCUT2D eigenvalue weighted by Gasteiger charge is -2.23. The molecular weight excluding hydrogens is 308 g/mol. The molecule has 0 unspecified atom stereocenters. The summed E-state index contributed by atoms with van der Waals surface area (Å²) in [6.45, 7) is 12.0. The van der Waals surface area contributed by atoms with Crippen LogP contribution in [0.15, 0.2) is 23.3 Å². The Balaban J connectivity index is 1.74. The van der Waals surface area contributed by atoms with Gasteiger partial charge in [-0.2, -0.15) is 5.10 Å². The first-order valence-electron chi connectivity index (χ1n) is 8.13. The van der Waals surface area contributed by atoms with Gasteiger partial charge in [-0.05, 0) is 55.7 Å². The van der Waals surface area contributed by atoms with Gasteiger partial charge in [-0.1, -0.05) is 12.1 Å². The van der Waals surface area contributed by atoms with Crippen molar-refractivity contribution >= 4 is 23.0 Å². The highest BCUT2D eigenvalue weighted by Crippen LogP contribution is 2.10. The van der Waals surface area contributed by atoms with E-state index in [0.29, 0.717) is 5.11 Å². The molecule has 2 rings (SSSR count). The Labute approximate surface area is 144 Å². The molecule has 23 heavy (non-hydrogen) atoms. The summed E-state index contributed by atoms with van der Waals surface area (Å²) in [4.78, 5) is 1.56. The van der Waals surface area contributed by atoms with E-state index in [2.05, 4.69) is 47.9 Å². The highest BCUT2D eigenvalue weighted by atomic mass is 32.1. The predicted molar refractivity (Wildman–Crippen MR) is 98.2 cm³/mol. The molecule has 0 radical (unpaired) electrons. The van der Waals surface area contributed by atoms with Crippen molar-refractivity contribution in [1.29, 1.82) is 0 Å². The standard InChI is InChI=1S/C17H26N4OS/c1-13-4-5-16(12-14(13)2)15(3)19-20-17(23)18-6-7-21-8-10-22-11-9-21/h4-5,12H,6-11H2,1-3H3,(H2,18,20,23)/p+1/b19-15-. The van der Waals surface area contributed by atoms with Gasteiger partial charge in [-0.3, -0.25) is 5.43 Å². The quantitative estimate of drug-likeness (QED) is 0.414. The van der Waals surface area contributed by atoms with Crippen molar-refractivity contribution in [2.75, 3.05) is 39.4 Å². The number of morpholine rings is 1. The van der Waals surface area contributed by atoms with Gasteiger partial charge in [0.1, 0.15) is 13.1 Å². The molecule has 6 heteroatoms. The topological polar surface area (TPSA) is 50.1 Å². The number of rotatable bonds is 5. The Hall–Kier alpha value is -1.50. The van der Waals surface area contributed by atoms with E-state index in [-0.39, 0.29) is 0 Å². The highest BCUT2D eigenvalue weighted by Gasteiger charge is 2.12. The summed E-state index contributed by atoms with van der Waals surface area (Å²) in [5.74, 6) is 0. The monoisotopic (exact) mass is 335 g/mol. The number of benzene rings is 1. The summed E-state index contributed by atoms with van der Waals surface area (Å²) >= 11 is 5.27. The van der Waals surface area contributed by atoms with Crippen molar-refractivity contribution in [1.82, 2.24) is 10.7 Å². The number of quaternary nitrogens is 1. The highest BCUT2D eigenvalue weighted by molar-refractivity contribution is 7.80. The van der Waals surface area contributed by atoms with Gasteiger partial charge in [0.05, 0.1) is 32.0 Å². The van der Waals surface area contributed by atoms with Crippen molar-refractivity contribution in [3.05, 3.63) is 34.9 Å². The van der Waals surface area contributed by atoms with E-state index in [1.807, 2.05) is 6.92 Å². The first kappa shape index (κ1) is 17.8. The van der Waals surface area contributed by atoms with Gasteiger partial charge < -0.3 is 15.0 Å². The van der Waals surface area contributed by atoms with Crippen LogP contribution in [0.5, 0.6) is 0 Å². The molecule has 1 aliphatic heterocycles. The molecule has 0 bridgehead atoms. The second-order valence-corrected chi connectivity index (χ2v) is 6.38. The van der Waals surface area contributed by atoms with Crippen LogP contribution in [0.2, 0.25) is 0 Å². The summed E-state index contributed by atoms with van der Waals surface area (Å²) in [5, 5.41) is 8.15. The van der Waals surface area contributed by atoms with E-state index in [1.54, 1.807) is 4.90 Å².